The number of nitrogens with zero attached hydrogens (tertiary/aromatic N) is 3. The maximum absolute atomic E-state index is 12.2. The largest absolute Gasteiger partial charge is 0.396 e. The van der Waals surface area contributed by atoms with Gasteiger partial charge in [-0.25, -0.2) is 0 Å². The average Bonchev–Trinajstić information content (AvgIpc) is 2.87. The fourth-order valence-electron chi connectivity index (χ4n) is 2.89. The first-order valence-corrected chi connectivity index (χ1v) is 7.93. The summed E-state index contributed by atoms with van der Waals surface area (Å²) in [5, 5.41) is 7.08. The van der Waals surface area contributed by atoms with E-state index in [1.807, 2.05) is 6.92 Å². The quantitative estimate of drug-likeness (QED) is 0.830. The minimum absolute atomic E-state index is 0.127. The van der Waals surface area contributed by atoms with Crippen molar-refractivity contribution in [2.24, 2.45) is 5.92 Å². The number of aromatic nitrogens is 2. The topological polar surface area (TPSA) is 76.2 Å². The van der Waals surface area contributed by atoms with Gasteiger partial charge in [0.1, 0.15) is 5.69 Å². The molecule has 0 aliphatic carbocycles. The highest BCUT2D eigenvalue weighted by atomic mass is 16.2. The number of nitrogen functional groups attached to an aromatic ring is 1. The maximum atomic E-state index is 12.2. The van der Waals surface area contributed by atoms with Gasteiger partial charge in [-0.15, -0.1) is 0 Å². The number of carbonyl (C=O) groups is 1. The Bertz CT molecular complexity index is 465. The van der Waals surface area contributed by atoms with Crippen molar-refractivity contribution >= 4 is 11.6 Å². The third-order valence-electron chi connectivity index (χ3n) is 4.01. The van der Waals surface area contributed by atoms with Crippen LogP contribution in [0.3, 0.4) is 0 Å². The van der Waals surface area contributed by atoms with Crippen LogP contribution in [0.5, 0.6) is 0 Å². The van der Waals surface area contributed by atoms with Crippen LogP contribution in [0.4, 0.5) is 5.69 Å². The van der Waals surface area contributed by atoms with Crippen LogP contribution in [0, 0.1) is 5.92 Å². The van der Waals surface area contributed by atoms with Gasteiger partial charge in [0, 0.05) is 19.6 Å². The van der Waals surface area contributed by atoms with E-state index < -0.39 is 0 Å². The molecule has 2 rings (SSSR count). The summed E-state index contributed by atoms with van der Waals surface area (Å²) in [6.45, 7) is 8.86. The number of amides is 1. The van der Waals surface area contributed by atoms with Gasteiger partial charge in [-0.2, -0.15) is 5.10 Å². The van der Waals surface area contributed by atoms with Crippen molar-refractivity contribution < 1.29 is 4.79 Å². The van der Waals surface area contributed by atoms with Gasteiger partial charge >= 0.3 is 0 Å². The molecule has 0 radical (unpaired) electrons. The van der Waals surface area contributed by atoms with E-state index in [-0.39, 0.29) is 5.91 Å². The summed E-state index contributed by atoms with van der Waals surface area (Å²) in [6, 6.07) is 0. The highest BCUT2D eigenvalue weighted by Crippen LogP contribution is 2.12. The van der Waals surface area contributed by atoms with E-state index in [9.17, 15) is 4.79 Å². The van der Waals surface area contributed by atoms with Crippen LogP contribution in [0.15, 0.2) is 6.20 Å². The predicted molar refractivity (Wildman–Crippen MR) is 84.1 cm³/mol. The lowest BCUT2D eigenvalue weighted by Gasteiger charge is -2.29. The van der Waals surface area contributed by atoms with E-state index in [1.165, 1.54) is 38.5 Å². The molecular weight excluding hydrogens is 266 g/mol. The first-order valence-electron chi connectivity index (χ1n) is 7.93. The number of hydrogen-bond acceptors (Lipinski definition) is 4. The van der Waals surface area contributed by atoms with Gasteiger partial charge < -0.3 is 16.0 Å². The molecule has 6 heteroatoms. The Morgan fingerprint density at radius 1 is 1.43 bits per heavy atom. The average molecular weight is 293 g/mol. The molecule has 0 saturated carbocycles. The SMILES string of the molecule is CCn1ncc(N)c1C(=O)NCC(C)CN1CCCCC1. The number of rotatable bonds is 6. The summed E-state index contributed by atoms with van der Waals surface area (Å²) in [5.41, 5.74) is 6.74. The molecule has 1 aliphatic heterocycles. The molecule has 1 aromatic heterocycles. The second-order valence-electron chi connectivity index (χ2n) is 5.94. The fraction of sp³-hybridized carbons (Fsp3) is 0.733. The molecule has 1 fully saturated rings. The van der Waals surface area contributed by atoms with E-state index in [2.05, 4.69) is 22.2 Å². The van der Waals surface area contributed by atoms with Crippen molar-refractivity contribution in [1.82, 2.24) is 20.0 Å². The van der Waals surface area contributed by atoms with E-state index in [0.29, 0.717) is 30.4 Å². The maximum Gasteiger partial charge on any atom is 0.271 e. The predicted octanol–water partition coefficient (Wildman–Crippen LogP) is 1.34. The van der Waals surface area contributed by atoms with E-state index in [4.69, 9.17) is 5.73 Å². The van der Waals surface area contributed by atoms with Crippen LogP contribution >= 0.6 is 0 Å². The highest BCUT2D eigenvalue weighted by molar-refractivity contribution is 5.97. The van der Waals surface area contributed by atoms with Crippen LogP contribution in [-0.2, 0) is 6.54 Å². The van der Waals surface area contributed by atoms with Gasteiger partial charge in [0.05, 0.1) is 11.9 Å². The number of carbonyl (C=O) groups excluding carboxylic acids is 1. The van der Waals surface area contributed by atoms with Crippen LogP contribution < -0.4 is 11.1 Å². The summed E-state index contributed by atoms with van der Waals surface area (Å²) < 4.78 is 1.64. The Balaban J connectivity index is 1.81. The third kappa shape index (κ3) is 4.20. The minimum Gasteiger partial charge on any atom is -0.396 e. The highest BCUT2D eigenvalue weighted by Gasteiger charge is 2.18. The summed E-state index contributed by atoms with van der Waals surface area (Å²) in [5.74, 6) is 0.309. The van der Waals surface area contributed by atoms with Crippen LogP contribution in [0.1, 0.15) is 43.6 Å². The molecule has 1 aliphatic rings. The normalized spacial score (nSPS) is 17.6. The van der Waals surface area contributed by atoms with Gasteiger partial charge in [0.15, 0.2) is 0 Å². The Hall–Kier alpha value is -1.56. The number of anilines is 1. The lowest BCUT2D eigenvalue weighted by atomic mass is 10.1. The molecule has 1 atom stereocenters. The molecule has 118 valence electrons. The number of likely N-dealkylation sites (tertiary alicyclic amines) is 1. The van der Waals surface area contributed by atoms with Gasteiger partial charge in [-0.05, 0) is 38.8 Å². The Morgan fingerprint density at radius 2 is 2.14 bits per heavy atom. The Morgan fingerprint density at radius 3 is 2.81 bits per heavy atom. The van der Waals surface area contributed by atoms with E-state index >= 15 is 0 Å². The second kappa shape index (κ2) is 7.45. The molecule has 21 heavy (non-hydrogen) atoms. The summed E-state index contributed by atoms with van der Waals surface area (Å²) in [7, 11) is 0. The molecule has 1 saturated heterocycles. The van der Waals surface area contributed by atoms with Crippen molar-refractivity contribution in [3.8, 4) is 0 Å². The molecule has 0 spiro atoms. The monoisotopic (exact) mass is 293 g/mol. The number of nitrogens with one attached hydrogen (secondary N) is 1. The van der Waals surface area contributed by atoms with Gasteiger partial charge in [0.2, 0.25) is 0 Å². The lowest BCUT2D eigenvalue weighted by molar-refractivity contribution is 0.0933. The van der Waals surface area contributed by atoms with Crippen molar-refractivity contribution in [3.63, 3.8) is 0 Å². The van der Waals surface area contributed by atoms with Crippen LogP contribution in [-0.4, -0.2) is 46.8 Å². The minimum atomic E-state index is -0.127. The first-order chi connectivity index (χ1) is 10.1. The van der Waals surface area contributed by atoms with Gasteiger partial charge in [0.25, 0.3) is 5.91 Å². The summed E-state index contributed by atoms with van der Waals surface area (Å²) in [4.78, 5) is 14.7. The fourth-order valence-corrected chi connectivity index (χ4v) is 2.89. The third-order valence-corrected chi connectivity index (χ3v) is 4.01. The van der Waals surface area contributed by atoms with E-state index in [1.54, 1.807) is 4.68 Å². The number of nitrogens with two attached hydrogens (primary N) is 1. The zero-order chi connectivity index (χ0) is 15.2. The Kier molecular flexibility index (Phi) is 5.61. The summed E-state index contributed by atoms with van der Waals surface area (Å²) in [6.07, 6.45) is 5.48. The second-order valence-corrected chi connectivity index (χ2v) is 5.94. The van der Waals surface area contributed by atoms with Crippen molar-refractivity contribution in [2.75, 3.05) is 31.9 Å². The van der Waals surface area contributed by atoms with Gasteiger partial charge in [-0.3, -0.25) is 9.48 Å². The van der Waals surface area contributed by atoms with Crippen LogP contribution in [0.2, 0.25) is 0 Å². The molecule has 2 heterocycles. The van der Waals surface area contributed by atoms with E-state index in [0.717, 1.165) is 6.54 Å². The molecule has 1 unspecified atom stereocenters. The van der Waals surface area contributed by atoms with Crippen molar-refractivity contribution in [3.05, 3.63) is 11.9 Å². The van der Waals surface area contributed by atoms with Crippen molar-refractivity contribution in [2.45, 2.75) is 39.7 Å². The molecule has 6 nitrogen and oxygen atoms in total. The molecule has 0 aromatic carbocycles. The standard InChI is InChI=1S/C15H27N5O/c1-3-20-14(13(16)10-18-20)15(21)17-9-12(2)11-19-7-5-4-6-8-19/h10,12H,3-9,11,16H2,1-2H3,(H,17,21). The first kappa shape index (κ1) is 15.8. The zero-order valence-electron chi connectivity index (χ0n) is 13.1. The number of piperidine rings is 1. The van der Waals surface area contributed by atoms with Crippen LogP contribution in [0.25, 0.3) is 0 Å². The number of aryl methyl sites for hydroxylation is 1. The molecular formula is C15H27N5O. The Labute approximate surface area is 126 Å². The lowest BCUT2D eigenvalue weighted by Crippen LogP contribution is -2.38. The molecule has 1 aromatic rings. The summed E-state index contributed by atoms with van der Waals surface area (Å²) >= 11 is 0. The zero-order valence-corrected chi connectivity index (χ0v) is 13.1. The number of hydrogen-bond donors (Lipinski definition) is 2. The van der Waals surface area contributed by atoms with Crippen molar-refractivity contribution in [1.29, 1.82) is 0 Å². The molecule has 1 amide bonds. The molecule has 3 N–H and O–H groups in total. The molecule has 0 bridgehead atoms. The smallest absolute Gasteiger partial charge is 0.271 e. The van der Waals surface area contributed by atoms with Gasteiger partial charge in [-0.1, -0.05) is 13.3 Å².